The first kappa shape index (κ1) is 11.4. The fraction of sp³-hybridized carbons (Fsp3) is 0.333. The number of nitrogens with two attached hydrogens (primary N) is 1. The maximum atomic E-state index is 5.73. The van der Waals surface area contributed by atoms with Crippen molar-refractivity contribution in [3.05, 3.63) is 30.1 Å². The molecule has 0 bridgehead atoms. The molecule has 0 saturated carbocycles. The van der Waals surface area contributed by atoms with Gasteiger partial charge in [0, 0.05) is 18.0 Å². The number of pyridine rings is 1. The van der Waals surface area contributed by atoms with E-state index in [-0.39, 0.29) is 6.10 Å². The van der Waals surface area contributed by atoms with Crippen LogP contribution in [0, 0.1) is 6.92 Å². The van der Waals surface area contributed by atoms with Gasteiger partial charge in [-0.15, -0.1) is 5.10 Å². The van der Waals surface area contributed by atoms with E-state index in [9.17, 15) is 0 Å². The highest BCUT2D eigenvalue weighted by molar-refractivity contribution is 5.44. The Morgan fingerprint density at radius 2 is 2.18 bits per heavy atom. The summed E-state index contributed by atoms with van der Waals surface area (Å²) in [6.45, 7) is 5.85. The van der Waals surface area contributed by atoms with Crippen molar-refractivity contribution >= 4 is 5.82 Å². The summed E-state index contributed by atoms with van der Waals surface area (Å²) in [6.07, 6.45) is 3.63. The van der Waals surface area contributed by atoms with Crippen molar-refractivity contribution in [3.8, 4) is 11.6 Å². The molecule has 2 aromatic rings. The Labute approximate surface area is 100 Å². The molecule has 2 rings (SSSR count). The third-order valence-corrected chi connectivity index (χ3v) is 2.27. The fourth-order valence-electron chi connectivity index (χ4n) is 1.48. The van der Waals surface area contributed by atoms with Gasteiger partial charge in [0.05, 0.1) is 6.10 Å². The quantitative estimate of drug-likeness (QED) is 0.878. The van der Waals surface area contributed by atoms with Crippen LogP contribution in [0.3, 0.4) is 0 Å². The molecule has 0 atom stereocenters. The molecule has 0 amide bonds. The molecule has 0 radical (unpaired) electrons. The van der Waals surface area contributed by atoms with Crippen molar-refractivity contribution in [1.29, 1.82) is 0 Å². The molecule has 0 aliphatic heterocycles. The predicted octanol–water partition coefficient (Wildman–Crippen LogP) is 1.95. The van der Waals surface area contributed by atoms with E-state index in [4.69, 9.17) is 10.5 Å². The average Bonchev–Trinajstić information content (AvgIpc) is 2.59. The molecule has 17 heavy (non-hydrogen) atoms. The molecule has 0 aliphatic carbocycles. The van der Waals surface area contributed by atoms with Crippen LogP contribution in [0.5, 0.6) is 5.75 Å². The molecule has 0 aliphatic rings. The molecular weight excluding hydrogens is 216 g/mol. The molecule has 2 heterocycles. The van der Waals surface area contributed by atoms with Crippen LogP contribution in [0.4, 0.5) is 5.82 Å². The van der Waals surface area contributed by atoms with Crippen molar-refractivity contribution in [2.75, 3.05) is 5.73 Å². The Bertz CT molecular complexity index is 499. The second kappa shape index (κ2) is 4.45. The second-order valence-electron chi connectivity index (χ2n) is 4.13. The second-order valence-corrected chi connectivity index (χ2v) is 4.13. The van der Waals surface area contributed by atoms with Gasteiger partial charge < -0.3 is 10.5 Å². The number of aryl methyl sites for hydroxylation is 1. The van der Waals surface area contributed by atoms with Crippen LogP contribution in [0.2, 0.25) is 0 Å². The van der Waals surface area contributed by atoms with Gasteiger partial charge >= 0.3 is 0 Å². The molecule has 0 aromatic carbocycles. The molecule has 0 saturated heterocycles. The molecule has 0 unspecified atom stereocenters. The summed E-state index contributed by atoms with van der Waals surface area (Å²) in [7, 11) is 0. The lowest BCUT2D eigenvalue weighted by atomic mass is 10.4. The normalized spacial score (nSPS) is 10.8. The number of nitrogen functional groups attached to an aromatic ring is 1. The van der Waals surface area contributed by atoms with E-state index in [2.05, 4.69) is 10.1 Å². The lowest BCUT2D eigenvalue weighted by molar-refractivity contribution is 0.240. The van der Waals surface area contributed by atoms with Gasteiger partial charge in [0.15, 0.2) is 11.6 Å². The maximum Gasteiger partial charge on any atom is 0.196 e. The lowest BCUT2D eigenvalue weighted by Gasteiger charge is -2.12. The summed E-state index contributed by atoms with van der Waals surface area (Å²) < 4.78 is 7.33. The van der Waals surface area contributed by atoms with Gasteiger partial charge in [-0.1, -0.05) is 0 Å². The van der Waals surface area contributed by atoms with Gasteiger partial charge in [-0.25, -0.2) is 9.67 Å². The van der Waals surface area contributed by atoms with Crippen LogP contribution >= 0.6 is 0 Å². The average molecular weight is 232 g/mol. The van der Waals surface area contributed by atoms with Gasteiger partial charge in [-0.05, 0) is 32.9 Å². The van der Waals surface area contributed by atoms with Crippen molar-refractivity contribution < 1.29 is 4.74 Å². The summed E-state index contributed by atoms with van der Waals surface area (Å²) in [5.74, 6) is 1.86. The van der Waals surface area contributed by atoms with Gasteiger partial charge in [-0.3, -0.25) is 0 Å². The molecule has 0 fully saturated rings. The summed E-state index contributed by atoms with van der Waals surface area (Å²) in [5.41, 5.74) is 6.65. The van der Waals surface area contributed by atoms with E-state index >= 15 is 0 Å². The Kier molecular flexibility index (Phi) is 2.99. The minimum atomic E-state index is 0.0898. The van der Waals surface area contributed by atoms with Crippen LogP contribution in [-0.2, 0) is 0 Å². The highest BCUT2D eigenvalue weighted by atomic mass is 16.5. The van der Waals surface area contributed by atoms with Gasteiger partial charge in [0.1, 0.15) is 5.82 Å². The number of anilines is 1. The van der Waals surface area contributed by atoms with E-state index in [1.54, 1.807) is 10.9 Å². The van der Waals surface area contributed by atoms with E-state index in [1.165, 1.54) is 0 Å². The topological polar surface area (TPSA) is 66.0 Å². The van der Waals surface area contributed by atoms with Crippen LogP contribution in [0.1, 0.15) is 19.4 Å². The van der Waals surface area contributed by atoms with Crippen molar-refractivity contribution in [2.24, 2.45) is 0 Å². The van der Waals surface area contributed by atoms with Gasteiger partial charge in [0.2, 0.25) is 0 Å². The number of aromatic nitrogens is 3. The SMILES string of the molecule is Cc1cn(-c2ncccc2OC(C)C)nc1N. The van der Waals surface area contributed by atoms with Crippen LogP contribution < -0.4 is 10.5 Å². The first-order valence-electron chi connectivity index (χ1n) is 5.51. The first-order chi connectivity index (χ1) is 8.08. The Morgan fingerprint density at radius 3 is 2.76 bits per heavy atom. The molecule has 5 nitrogen and oxygen atoms in total. The largest absolute Gasteiger partial charge is 0.487 e. The Balaban J connectivity index is 2.44. The van der Waals surface area contributed by atoms with Crippen LogP contribution in [-0.4, -0.2) is 20.9 Å². The molecule has 5 heteroatoms. The van der Waals surface area contributed by atoms with Crippen molar-refractivity contribution in [3.63, 3.8) is 0 Å². The highest BCUT2D eigenvalue weighted by Crippen LogP contribution is 2.22. The minimum absolute atomic E-state index is 0.0898. The van der Waals surface area contributed by atoms with Gasteiger partial charge in [-0.2, -0.15) is 0 Å². The summed E-state index contributed by atoms with van der Waals surface area (Å²) in [4.78, 5) is 4.28. The Hall–Kier alpha value is -2.04. The van der Waals surface area contributed by atoms with E-state index in [1.807, 2.05) is 39.1 Å². The zero-order valence-electron chi connectivity index (χ0n) is 10.2. The standard InChI is InChI=1S/C12H16N4O/c1-8(2)17-10-5-4-6-14-12(10)16-7-9(3)11(13)15-16/h4-8H,1-3H3,(H2,13,15). The number of ether oxygens (including phenoxy) is 1. The monoisotopic (exact) mass is 232 g/mol. The molecule has 90 valence electrons. The molecule has 2 aromatic heterocycles. The van der Waals surface area contributed by atoms with E-state index in [0.717, 1.165) is 5.56 Å². The smallest absolute Gasteiger partial charge is 0.196 e. The fourth-order valence-corrected chi connectivity index (χ4v) is 1.48. The van der Waals surface area contributed by atoms with Crippen molar-refractivity contribution in [2.45, 2.75) is 26.9 Å². The van der Waals surface area contributed by atoms with Crippen LogP contribution in [0.25, 0.3) is 5.82 Å². The highest BCUT2D eigenvalue weighted by Gasteiger charge is 2.11. The van der Waals surface area contributed by atoms with E-state index in [0.29, 0.717) is 17.4 Å². The number of nitrogens with zero attached hydrogens (tertiary/aromatic N) is 3. The number of rotatable bonds is 3. The third kappa shape index (κ3) is 2.38. The summed E-state index contributed by atoms with van der Waals surface area (Å²) >= 11 is 0. The third-order valence-electron chi connectivity index (χ3n) is 2.27. The molecule has 2 N–H and O–H groups in total. The maximum absolute atomic E-state index is 5.73. The minimum Gasteiger partial charge on any atom is -0.487 e. The van der Waals surface area contributed by atoms with Crippen LogP contribution in [0.15, 0.2) is 24.5 Å². The zero-order valence-corrected chi connectivity index (χ0v) is 10.2. The lowest BCUT2D eigenvalue weighted by Crippen LogP contribution is -2.10. The predicted molar refractivity (Wildman–Crippen MR) is 66.3 cm³/mol. The summed E-state index contributed by atoms with van der Waals surface area (Å²) in [5, 5.41) is 4.20. The number of hydrogen-bond acceptors (Lipinski definition) is 4. The molecule has 0 spiro atoms. The van der Waals surface area contributed by atoms with Crippen molar-refractivity contribution in [1.82, 2.24) is 14.8 Å². The first-order valence-corrected chi connectivity index (χ1v) is 5.51. The zero-order chi connectivity index (χ0) is 12.4. The Morgan fingerprint density at radius 1 is 1.41 bits per heavy atom. The summed E-state index contributed by atoms with van der Waals surface area (Å²) in [6, 6.07) is 3.70. The number of hydrogen-bond donors (Lipinski definition) is 1. The van der Waals surface area contributed by atoms with Gasteiger partial charge in [0.25, 0.3) is 0 Å². The van der Waals surface area contributed by atoms with E-state index < -0.39 is 0 Å². The molecular formula is C12H16N4O.